The first kappa shape index (κ1) is 7.58. The van der Waals surface area contributed by atoms with Crippen LogP contribution in [-0.4, -0.2) is 12.2 Å². The maximum absolute atomic E-state index is 9.07. The molecule has 0 aromatic heterocycles. The SMILES string of the molecule is [CH+]=c1ccc(=C(O)OC)cc1. The number of methoxy groups -OCH3 is 1. The van der Waals surface area contributed by atoms with Gasteiger partial charge in [0.15, 0.2) is 5.22 Å². The van der Waals surface area contributed by atoms with Gasteiger partial charge in [-0.05, 0) is 0 Å². The Bertz CT molecular complexity index is 318. The van der Waals surface area contributed by atoms with Crippen LogP contribution in [0.4, 0.5) is 0 Å². The van der Waals surface area contributed by atoms with Gasteiger partial charge in [0.25, 0.3) is 5.95 Å². The van der Waals surface area contributed by atoms with Crippen molar-refractivity contribution >= 4 is 12.5 Å². The van der Waals surface area contributed by atoms with Crippen LogP contribution in [0.3, 0.4) is 0 Å². The van der Waals surface area contributed by atoms with Crippen molar-refractivity contribution in [3.05, 3.63) is 34.7 Å². The van der Waals surface area contributed by atoms with Gasteiger partial charge in [0.05, 0.1) is 24.5 Å². The van der Waals surface area contributed by atoms with Crippen LogP contribution in [0.1, 0.15) is 0 Å². The van der Waals surface area contributed by atoms with E-state index in [1.165, 1.54) is 7.11 Å². The highest BCUT2D eigenvalue weighted by atomic mass is 16.6. The Morgan fingerprint density at radius 2 is 1.91 bits per heavy atom. The van der Waals surface area contributed by atoms with Gasteiger partial charge in [-0.3, -0.25) is 0 Å². The molecule has 0 aliphatic heterocycles. The summed E-state index contributed by atoms with van der Waals surface area (Å²) in [5.74, 6) is -0.0926. The van der Waals surface area contributed by atoms with Gasteiger partial charge in [-0.2, -0.15) is 0 Å². The first-order valence-electron chi connectivity index (χ1n) is 3.20. The number of ether oxygens (including phenoxy) is 1. The highest BCUT2D eigenvalue weighted by Crippen LogP contribution is 1.83. The molecule has 0 spiro atoms. The lowest BCUT2D eigenvalue weighted by atomic mass is 10.3. The minimum Gasteiger partial charge on any atom is -0.480 e. The van der Waals surface area contributed by atoms with E-state index in [4.69, 9.17) is 11.7 Å². The molecule has 0 radical (unpaired) electrons. The Kier molecular flexibility index (Phi) is 2.09. The van der Waals surface area contributed by atoms with Crippen LogP contribution >= 0.6 is 0 Å². The molecule has 2 heteroatoms. The van der Waals surface area contributed by atoms with Gasteiger partial charge < -0.3 is 9.84 Å². The Morgan fingerprint density at radius 1 is 1.36 bits per heavy atom. The first-order valence-corrected chi connectivity index (χ1v) is 3.20. The van der Waals surface area contributed by atoms with Crippen molar-refractivity contribution < 1.29 is 9.84 Å². The summed E-state index contributed by atoms with van der Waals surface area (Å²) in [5.41, 5.74) is 0. The van der Waals surface area contributed by atoms with E-state index < -0.39 is 0 Å². The zero-order chi connectivity index (χ0) is 8.27. The van der Waals surface area contributed by atoms with Gasteiger partial charge in [0, 0.05) is 18.7 Å². The van der Waals surface area contributed by atoms with E-state index in [2.05, 4.69) is 4.74 Å². The fraction of sp³-hybridized carbons (Fsp3) is 0.111. The Balaban J connectivity index is 3.27. The summed E-state index contributed by atoms with van der Waals surface area (Å²) in [6.45, 7) is 5.44. The first-order chi connectivity index (χ1) is 5.24. The summed E-state index contributed by atoms with van der Waals surface area (Å²) in [6, 6.07) is 6.78. The van der Waals surface area contributed by atoms with Crippen molar-refractivity contribution in [2.24, 2.45) is 0 Å². The van der Waals surface area contributed by atoms with Crippen molar-refractivity contribution in [1.82, 2.24) is 0 Å². The maximum Gasteiger partial charge on any atom is 0.286 e. The number of hydrogen-bond donors (Lipinski definition) is 1. The third-order valence-electron chi connectivity index (χ3n) is 1.35. The standard InChI is InChI=1S/C9H8O2/c1-7-3-5-8(6-4-7)9(10)11-2/h1,3-6H,2H3/p+1. The largest absolute Gasteiger partial charge is 0.480 e. The normalized spacial score (nSPS) is 9.09. The third kappa shape index (κ3) is 1.69. The quantitative estimate of drug-likeness (QED) is 0.580. The van der Waals surface area contributed by atoms with Gasteiger partial charge in [0.2, 0.25) is 0 Å². The molecule has 56 valence electrons. The molecule has 0 unspecified atom stereocenters. The summed E-state index contributed by atoms with van der Waals surface area (Å²) in [5, 5.41) is 10.4. The molecule has 1 N–H and O–H groups in total. The molecule has 11 heavy (non-hydrogen) atoms. The second-order valence-electron chi connectivity index (χ2n) is 2.13. The van der Waals surface area contributed by atoms with Gasteiger partial charge in [-0.15, -0.1) is 0 Å². The van der Waals surface area contributed by atoms with E-state index in [0.29, 0.717) is 10.4 Å². The van der Waals surface area contributed by atoms with Crippen molar-refractivity contribution in [1.29, 1.82) is 0 Å². The second kappa shape index (κ2) is 3.04. The highest BCUT2D eigenvalue weighted by Gasteiger charge is 1.93. The monoisotopic (exact) mass is 149 g/mol. The summed E-state index contributed by atoms with van der Waals surface area (Å²) >= 11 is 0. The maximum atomic E-state index is 9.07. The average Bonchev–Trinajstić information content (AvgIpc) is 2.05. The summed E-state index contributed by atoms with van der Waals surface area (Å²) < 4.78 is 4.61. The molecule has 0 aliphatic rings. The van der Waals surface area contributed by atoms with Crippen LogP contribution in [0.2, 0.25) is 0 Å². The predicted molar refractivity (Wildman–Crippen MR) is 43.2 cm³/mol. The number of aliphatic hydroxyl groups excluding tert-OH is 1. The van der Waals surface area contributed by atoms with Gasteiger partial charge >= 0.3 is 0 Å². The molecule has 0 amide bonds. The Labute approximate surface area is 65.1 Å². The van der Waals surface area contributed by atoms with Crippen LogP contribution < -0.4 is 10.4 Å². The van der Waals surface area contributed by atoms with E-state index >= 15 is 0 Å². The molecule has 0 aliphatic carbocycles. The van der Waals surface area contributed by atoms with Gasteiger partial charge in [-0.25, -0.2) is 0 Å². The Morgan fingerprint density at radius 3 is 2.36 bits per heavy atom. The molecule has 0 fully saturated rings. The lowest BCUT2D eigenvalue weighted by Gasteiger charge is -1.92. The molecule has 0 saturated heterocycles. The topological polar surface area (TPSA) is 29.5 Å². The number of benzene rings is 1. The third-order valence-corrected chi connectivity index (χ3v) is 1.35. The van der Waals surface area contributed by atoms with Crippen molar-refractivity contribution in [2.45, 2.75) is 0 Å². The lowest BCUT2D eigenvalue weighted by Crippen LogP contribution is -2.09. The van der Waals surface area contributed by atoms with E-state index in [0.717, 1.165) is 0 Å². The smallest absolute Gasteiger partial charge is 0.286 e. The van der Waals surface area contributed by atoms with Crippen molar-refractivity contribution in [3.63, 3.8) is 0 Å². The molecule has 0 heterocycles. The molecular formula is C9H9O2+. The van der Waals surface area contributed by atoms with E-state index in [9.17, 15) is 0 Å². The fourth-order valence-electron chi connectivity index (χ4n) is 0.744. The highest BCUT2D eigenvalue weighted by molar-refractivity contribution is 5.26. The average molecular weight is 149 g/mol. The van der Waals surface area contributed by atoms with Crippen LogP contribution in [0.15, 0.2) is 24.3 Å². The molecule has 0 saturated carbocycles. The fourth-order valence-corrected chi connectivity index (χ4v) is 0.744. The molecule has 1 aromatic rings. The van der Waals surface area contributed by atoms with Gasteiger partial charge in [-0.1, -0.05) is 0 Å². The molecule has 1 rings (SSSR count). The van der Waals surface area contributed by atoms with Crippen LogP contribution in [0, 0.1) is 0 Å². The molecule has 0 atom stereocenters. The zero-order valence-corrected chi connectivity index (χ0v) is 6.24. The Hall–Kier alpha value is -1.53. The van der Waals surface area contributed by atoms with Gasteiger partial charge in [0.1, 0.15) is 0 Å². The number of hydrogen-bond acceptors (Lipinski definition) is 2. The summed E-state index contributed by atoms with van der Waals surface area (Å²) in [7, 11) is 1.41. The summed E-state index contributed by atoms with van der Waals surface area (Å²) in [4.78, 5) is 0. The molecule has 0 bridgehead atoms. The number of aliphatic hydroxyl groups is 1. The van der Waals surface area contributed by atoms with Crippen LogP contribution in [0.25, 0.3) is 12.5 Å². The van der Waals surface area contributed by atoms with E-state index in [-0.39, 0.29) is 5.95 Å². The molecular weight excluding hydrogens is 140 g/mol. The van der Waals surface area contributed by atoms with Crippen LogP contribution in [-0.2, 0) is 4.74 Å². The molecule has 1 aromatic carbocycles. The minimum atomic E-state index is -0.0926. The zero-order valence-electron chi connectivity index (χ0n) is 6.24. The van der Waals surface area contributed by atoms with E-state index in [1.54, 1.807) is 24.3 Å². The minimum absolute atomic E-state index is 0.0926. The lowest BCUT2D eigenvalue weighted by molar-refractivity contribution is 0.231. The van der Waals surface area contributed by atoms with Crippen molar-refractivity contribution in [2.75, 3.05) is 7.11 Å². The second-order valence-corrected chi connectivity index (χ2v) is 2.13. The van der Waals surface area contributed by atoms with Crippen molar-refractivity contribution in [3.8, 4) is 0 Å². The number of rotatable bonds is 1. The van der Waals surface area contributed by atoms with Crippen LogP contribution in [0.5, 0.6) is 0 Å². The predicted octanol–water partition coefficient (Wildman–Crippen LogP) is 0.244. The molecule has 2 nitrogen and oxygen atoms in total. The van der Waals surface area contributed by atoms with E-state index in [1.807, 2.05) is 0 Å². The summed E-state index contributed by atoms with van der Waals surface area (Å²) in [6.07, 6.45) is 0.